The number of nitrogens with zero attached hydrogens (tertiary/aromatic N) is 1. The molecule has 1 aromatic carbocycles. The predicted octanol–water partition coefficient (Wildman–Crippen LogP) is 4.29. The van der Waals surface area contributed by atoms with Crippen LogP contribution >= 0.6 is 23.2 Å². The van der Waals surface area contributed by atoms with Crippen LogP contribution < -0.4 is 10.6 Å². The molecule has 9 heteroatoms. The number of benzene rings is 1. The van der Waals surface area contributed by atoms with Crippen LogP contribution in [0, 0.1) is 0 Å². The lowest BCUT2D eigenvalue weighted by atomic mass is 9.88. The molecule has 1 heterocycles. The van der Waals surface area contributed by atoms with Gasteiger partial charge < -0.3 is 10.4 Å². The number of halogens is 2. The van der Waals surface area contributed by atoms with Crippen molar-refractivity contribution in [2.45, 2.75) is 32.6 Å². The number of anilines is 2. The summed E-state index contributed by atoms with van der Waals surface area (Å²) in [5.41, 5.74) is 0.953. The van der Waals surface area contributed by atoms with Crippen LogP contribution in [0.25, 0.3) is 0 Å². The van der Waals surface area contributed by atoms with Gasteiger partial charge in [0.25, 0.3) is 0 Å². The highest BCUT2D eigenvalue weighted by Gasteiger charge is 2.26. The molecule has 134 valence electrons. The Hall–Kier alpha value is -2.25. The fourth-order valence-electron chi connectivity index (χ4n) is 2.28. The first-order chi connectivity index (χ1) is 11.6. The highest BCUT2D eigenvalue weighted by atomic mass is 35.5. The number of carbonyl (C=O) groups is 2. The van der Waals surface area contributed by atoms with Crippen LogP contribution in [0.5, 0.6) is 0 Å². The molecule has 0 unspecified atom stereocenters. The van der Waals surface area contributed by atoms with Crippen LogP contribution in [-0.2, 0) is 16.6 Å². The third-order valence-electron chi connectivity index (χ3n) is 3.34. The average molecular weight is 385 g/mol. The molecular formula is C16H18Cl2N4O3. The van der Waals surface area contributed by atoms with Gasteiger partial charge in [0.15, 0.2) is 0 Å². The number of carbonyl (C=O) groups excluding carboxylic acids is 1. The second kappa shape index (κ2) is 7.33. The van der Waals surface area contributed by atoms with Gasteiger partial charge in [0.1, 0.15) is 5.82 Å². The third kappa shape index (κ3) is 4.64. The topological polar surface area (TPSA) is 107 Å². The second-order valence-corrected chi connectivity index (χ2v) is 7.21. The van der Waals surface area contributed by atoms with Crippen molar-refractivity contribution in [3.63, 3.8) is 0 Å². The van der Waals surface area contributed by atoms with Crippen molar-refractivity contribution in [1.82, 2.24) is 10.2 Å². The summed E-state index contributed by atoms with van der Waals surface area (Å²) in [4.78, 5) is 23.4. The summed E-state index contributed by atoms with van der Waals surface area (Å²) >= 11 is 11.9. The molecule has 0 spiro atoms. The normalized spacial score (nSPS) is 11.2. The molecule has 0 bridgehead atoms. The van der Waals surface area contributed by atoms with Gasteiger partial charge in [0.05, 0.1) is 27.8 Å². The summed E-state index contributed by atoms with van der Waals surface area (Å²) in [6, 6.07) is 4.25. The Labute approximate surface area is 154 Å². The Balaban J connectivity index is 2.24. The number of aliphatic carboxylic acids is 1. The van der Waals surface area contributed by atoms with Crippen molar-refractivity contribution in [2.75, 3.05) is 10.6 Å². The van der Waals surface area contributed by atoms with Crippen LogP contribution in [0.4, 0.5) is 16.3 Å². The van der Waals surface area contributed by atoms with Crippen molar-refractivity contribution in [3.8, 4) is 0 Å². The lowest BCUT2D eigenvalue weighted by molar-refractivity contribution is -0.136. The summed E-state index contributed by atoms with van der Waals surface area (Å²) in [5, 5.41) is 21.6. The summed E-state index contributed by atoms with van der Waals surface area (Å²) in [6.45, 7) is 5.72. The van der Waals surface area contributed by atoms with Gasteiger partial charge in [-0.25, -0.2) is 4.79 Å². The standard InChI is InChI=1S/C16H18Cl2N4O3/c1-16(2,3)13-8(7-11(23)24)14(22-21-13)20-15(25)19-10-6-4-5-9(17)12(10)18/h4-6H,7H2,1-3H3,(H,23,24)(H3,19,20,21,22,25). The summed E-state index contributed by atoms with van der Waals surface area (Å²) < 4.78 is 0. The molecule has 0 atom stereocenters. The summed E-state index contributed by atoms with van der Waals surface area (Å²) in [7, 11) is 0. The molecule has 25 heavy (non-hydrogen) atoms. The number of H-pyrrole nitrogens is 1. The molecule has 1 aromatic heterocycles. The fraction of sp³-hybridized carbons (Fsp3) is 0.312. The van der Waals surface area contributed by atoms with E-state index in [0.717, 1.165) is 0 Å². The van der Waals surface area contributed by atoms with Crippen LogP contribution in [0.15, 0.2) is 18.2 Å². The highest BCUT2D eigenvalue weighted by molar-refractivity contribution is 6.44. The minimum absolute atomic E-state index is 0.213. The van der Waals surface area contributed by atoms with Crippen LogP contribution in [0.3, 0.4) is 0 Å². The molecule has 0 saturated carbocycles. The Morgan fingerprint density at radius 2 is 1.92 bits per heavy atom. The van der Waals surface area contributed by atoms with E-state index in [9.17, 15) is 9.59 Å². The number of aromatic amines is 1. The molecule has 0 aliphatic rings. The molecule has 0 radical (unpaired) electrons. The monoisotopic (exact) mass is 384 g/mol. The van der Waals surface area contributed by atoms with Crippen LogP contribution in [0.2, 0.25) is 10.0 Å². The van der Waals surface area contributed by atoms with Gasteiger partial charge in [-0.05, 0) is 12.1 Å². The van der Waals surface area contributed by atoms with Gasteiger partial charge >= 0.3 is 12.0 Å². The Morgan fingerprint density at radius 1 is 1.24 bits per heavy atom. The number of urea groups is 1. The fourth-order valence-corrected chi connectivity index (χ4v) is 2.63. The van der Waals surface area contributed by atoms with E-state index in [1.807, 2.05) is 20.8 Å². The Kier molecular flexibility index (Phi) is 5.59. The second-order valence-electron chi connectivity index (χ2n) is 6.43. The van der Waals surface area contributed by atoms with E-state index in [2.05, 4.69) is 20.8 Å². The first kappa shape index (κ1) is 19.1. The zero-order valence-electron chi connectivity index (χ0n) is 13.9. The van der Waals surface area contributed by atoms with E-state index in [0.29, 0.717) is 22.0 Å². The number of nitrogens with one attached hydrogen (secondary N) is 3. The number of amides is 2. The molecule has 0 fully saturated rings. The maximum Gasteiger partial charge on any atom is 0.324 e. The summed E-state index contributed by atoms with van der Waals surface area (Å²) in [6.07, 6.45) is -0.267. The first-order valence-corrected chi connectivity index (χ1v) is 8.16. The van der Waals surface area contributed by atoms with Gasteiger partial charge in [-0.3, -0.25) is 15.2 Å². The van der Waals surface area contributed by atoms with E-state index in [1.54, 1.807) is 18.2 Å². The van der Waals surface area contributed by atoms with Gasteiger partial charge in [0, 0.05) is 11.0 Å². The van der Waals surface area contributed by atoms with E-state index in [1.165, 1.54) is 0 Å². The van der Waals surface area contributed by atoms with Gasteiger partial charge in [-0.1, -0.05) is 50.0 Å². The number of aromatic nitrogens is 2. The lowest BCUT2D eigenvalue weighted by Gasteiger charge is -2.17. The summed E-state index contributed by atoms with van der Waals surface area (Å²) in [5.74, 6) is -0.795. The quantitative estimate of drug-likeness (QED) is 0.630. The predicted molar refractivity (Wildman–Crippen MR) is 97.7 cm³/mol. The zero-order valence-corrected chi connectivity index (χ0v) is 15.4. The van der Waals surface area contributed by atoms with E-state index in [4.69, 9.17) is 28.3 Å². The third-order valence-corrected chi connectivity index (χ3v) is 4.16. The highest BCUT2D eigenvalue weighted by Crippen LogP contribution is 2.31. The van der Waals surface area contributed by atoms with Crippen LogP contribution in [0.1, 0.15) is 32.0 Å². The minimum atomic E-state index is -1.02. The van der Waals surface area contributed by atoms with E-state index < -0.39 is 12.0 Å². The number of carboxylic acids is 1. The SMILES string of the molecule is CC(C)(C)c1n[nH]c(NC(=O)Nc2cccc(Cl)c2Cl)c1CC(=O)O. The van der Waals surface area contributed by atoms with Gasteiger partial charge in [0.2, 0.25) is 0 Å². The van der Waals surface area contributed by atoms with Crippen molar-refractivity contribution in [3.05, 3.63) is 39.5 Å². The Morgan fingerprint density at radius 3 is 2.52 bits per heavy atom. The van der Waals surface area contributed by atoms with Crippen molar-refractivity contribution in [1.29, 1.82) is 0 Å². The van der Waals surface area contributed by atoms with Crippen molar-refractivity contribution < 1.29 is 14.7 Å². The zero-order chi connectivity index (χ0) is 18.8. The number of rotatable bonds is 4. The Bertz CT molecular complexity index is 812. The number of carboxylic acid groups (broad SMARTS) is 1. The molecule has 2 amide bonds. The minimum Gasteiger partial charge on any atom is -0.481 e. The molecule has 7 nitrogen and oxygen atoms in total. The van der Waals surface area contributed by atoms with E-state index in [-0.39, 0.29) is 22.7 Å². The molecular weight excluding hydrogens is 367 g/mol. The van der Waals surface area contributed by atoms with Gasteiger partial charge in [-0.15, -0.1) is 0 Å². The maximum absolute atomic E-state index is 12.2. The largest absolute Gasteiger partial charge is 0.481 e. The smallest absolute Gasteiger partial charge is 0.324 e. The molecule has 0 aliphatic carbocycles. The average Bonchev–Trinajstić information content (AvgIpc) is 2.86. The molecule has 2 aromatic rings. The maximum atomic E-state index is 12.2. The molecule has 0 aliphatic heterocycles. The van der Waals surface area contributed by atoms with Gasteiger partial charge in [-0.2, -0.15) is 5.10 Å². The first-order valence-electron chi connectivity index (χ1n) is 7.41. The van der Waals surface area contributed by atoms with Crippen LogP contribution in [-0.4, -0.2) is 27.3 Å². The molecule has 0 saturated heterocycles. The van der Waals surface area contributed by atoms with E-state index >= 15 is 0 Å². The molecule has 2 rings (SSSR count). The number of hydrogen-bond acceptors (Lipinski definition) is 3. The van der Waals surface area contributed by atoms with Crippen molar-refractivity contribution >= 4 is 46.7 Å². The number of hydrogen-bond donors (Lipinski definition) is 4. The lowest BCUT2D eigenvalue weighted by Crippen LogP contribution is -2.22. The van der Waals surface area contributed by atoms with Crippen molar-refractivity contribution in [2.24, 2.45) is 0 Å². The molecule has 4 N–H and O–H groups in total.